The van der Waals surface area contributed by atoms with Gasteiger partial charge in [-0.05, 0) is 50.3 Å². The Kier molecular flexibility index (Phi) is 4.98. The Morgan fingerprint density at radius 1 is 1.24 bits per heavy atom. The lowest BCUT2D eigenvalue weighted by molar-refractivity contribution is 0.457. The van der Waals surface area contributed by atoms with Crippen LogP contribution in [0.15, 0.2) is 24.3 Å². The maximum atomic E-state index is 13.3. The van der Waals surface area contributed by atoms with E-state index < -0.39 is 11.4 Å². The van der Waals surface area contributed by atoms with Crippen LogP contribution in [0.25, 0.3) is 10.1 Å². The normalized spacial score (nSPS) is 15.6. The molecule has 0 aliphatic carbocycles. The second-order valence-corrected chi connectivity index (χ2v) is 9.66. The van der Waals surface area contributed by atoms with Crippen LogP contribution in [0.1, 0.15) is 45.5 Å². The van der Waals surface area contributed by atoms with Gasteiger partial charge in [-0.15, -0.1) is 16.1 Å². The fourth-order valence-corrected chi connectivity index (χ4v) is 4.37. The van der Waals surface area contributed by atoms with Gasteiger partial charge in [-0.25, -0.2) is 4.39 Å². The molecule has 1 heterocycles. The zero-order valence-electron chi connectivity index (χ0n) is 13.1. The molecule has 0 aliphatic rings. The zero-order chi connectivity index (χ0) is 15.8. The van der Waals surface area contributed by atoms with Crippen molar-refractivity contribution in [3.8, 4) is 0 Å². The lowest BCUT2D eigenvalue weighted by Crippen LogP contribution is -2.42. The van der Waals surface area contributed by atoms with E-state index in [1.54, 1.807) is 23.5 Å². The van der Waals surface area contributed by atoms with Gasteiger partial charge in [0.1, 0.15) is 10.6 Å². The van der Waals surface area contributed by atoms with E-state index in [-0.39, 0.29) is 16.6 Å². The van der Waals surface area contributed by atoms with E-state index in [4.69, 9.17) is 0 Å². The first kappa shape index (κ1) is 16.7. The third-order valence-corrected chi connectivity index (χ3v) is 6.03. The molecule has 116 valence electrons. The number of hydrogen-bond acceptors (Lipinski definition) is 3. The summed E-state index contributed by atoms with van der Waals surface area (Å²) in [5.74, 6) is 0.0810. The number of benzene rings is 1. The molecule has 0 amide bonds. The minimum absolute atomic E-state index is 0.00511. The monoisotopic (exact) mass is 327 g/mol. The molecule has 0 saturated heterocycles. The standard InChI is InChI=1S/C16H22FNOS2/c1-10(2)15(18-21(19)16(3,4)5)14-8-11-6-7-12(17)9-13(11)20-14/h6-10,15,18H,1-5H3/t15-,21+/m1/s1. The van der Waals surface area contributed by atoms with E-state index in [0.29, 0.717) is 5.92 Å². The first-order chi connectivity index (χ1) is 9.68. The molecule has 2 nitrogen and oxygen atoms in total. The molecule has 0 radical (unpaired) electrons. The van der Waals surface area contributed by atoms with Crippen LogP contribution >= 0.6 is 11.3 Å². The minimum atomic E-state index is -1.13. The molecule has 0 spiro atoms. The van der Waals surface area contributed by atoms with Crippen LogP contribution in [-0.4, -0.2) is 9.30 Å². The fourth-order valence-electron chi connectivity index (χ4n) is 1.99. The summed E-state index contributed by atoms with van der Waals surface area (Å²) in [5.41, 5.74) is 0. The van der Waals surface area contributed by atoms with Gasteiger partial charge in [0.25, 0.3) is 0 Å². The molecule has 1 aromatic carbocycles. The molecule has 2 atom stereocenters. The Balaban J connectivity index is 2.32. The summed E-state index contributed by atoms with van der Waals surface area (Å²) in [4.78, 5) is 1.10. The quantitative estimate of drug-likeness (QED) is 0.820. The Morgan fingerprint density at radius 3 is 2.48 bits per heavy atom. The second kappa shape index (κ2) is 6.24. The molecule has 5 heteroatoms. The summed E-state index contributed by atoms with van der Waals surface area (Å²) >= 11 is 0.432. The number of thiophene rings is 1. The van der Waals surface area contributed by atoms with Crippen LogP contribution < -0.4 is 4.72 Å². The van der Waals surface area contributed by atoms with Gasteiger partial charge in [0.15, 0.2) is 0 Å². The van der Waals surface area contributed by atoms with Crippen molar-refractivity contribution in [1.29, 1.82) is 0 Å². The van der Waals surface area contributed by atoms with Crippen LogP contribution in [0.5, 0.6) is 0 Å². The highest BCUT2D eigenvalue weighted by Gasteiger charge is 2.31. The van der Waals surface area contributed by atoms with Gasteiger partial charge in [0, 0.05) is 20.9 Å². The van der Waals surface area contributed by atoms with Crippen molar-refractivity contribution >= 4 is 32.8 Å². The Morgan fingerprint density at radius 2 is 1.90 bits per heavy atom. The molecule has 0 fully saturated rings. The van der Waals surface area contributed by atoms with E-state index in [1.165, 1.54) is 6.07 Å². The summed E-state index contributed by atoms with van der Waals surface area (Å²) in [6.45, 7) is 10.1. The number of nitrogens with one attached hydrogen (secondary N) is 1. The molecular weight excluding hydrogens is 305 g/mol. The van der Waals surface area contributed by atoms with Crippen LogP contribution in [-0.2, 0) is 11.4 Å². The molecule has 0 unspecified atom stereocenters. The van der Waals surface area contributed by atoms with Gasteiger partial charge >= 0.3 is 0 Å². The van der Waals surface area contributed by atoms with Crippen LogP contribution in [0, 0.1) is 11.7 Å². The number of rotatable bonds is 4. The smallest absolute Gasteiger partial charge is 0.136 e. The van der Waals surface area contributed by atoms with Crippen molar-refractivity contribution in [3.05, 3.63) is 35.0 Å². The molecule has 0 saturated carbocycles. The SMILES string of the molecule is CC(C)[C@@H](N[S@@+]([O-])C(C)(C)C)c1cc2ccc(F)cc2s1. The molecule has 2 aromatic rings. The maximum absolute atomic E-state index is 13.3. The van der Waals surface area contributed by atoms with Crippen molar-refractivity contribution in [3.63, 3.8) is 0 Å². The molecule has 1 N–H and O–H groups in total. The topological polar surface area (TPSA) is 35.1 Å². The fraction of sp³-hybridized carbons (Fsp3) is 0.500. The van der Waals surface area contributed by atoms with Gasteiger partial charge in [-0.2, -0.15) is 0 Å². The van der Waals surface area contributed by atoms with Crippen molar-refractivity contribution < 1.29 is 8.94 Å². The van der Waals surface area contributed by atoms with Gasteiger partial charge in [-0.3, -0.25) is 0 Å². The Labute approximate surface area is 133 Å². The maximum Gasteiger partial charge on any atom is 0.136 e. The van der Waals surface area contributed by atoms with Gasteiger partial charge in [-0.1, -0.05) is 19.9 Å². The van der Waals surface area contributed by atoms with Crippen LogP contribution in [0.4, 0.5) is 4.39 Å². The van der Waals surface area contributed by atoms with Gasteiger partial charge in [0.05, 0.1) is 6.04 Å². The first-order valence-electron chi connectivity index (χ1n) is 7.05. The summed E-state index contributed by atoms with van der Waals surface area (Å²) < 4.78 is 29.5. The molecule has 1 aromatic heterocycles. The van der Waals surface area contributed by atoms with E-state index in [2.05, 4.69) is 24.6 Å². The average molecular weight is 327 g/mol. The van der Waals surface area contributed by atoms with Crippen molar-refractivity contribution in [2.45, 2.75) is 45.4 Å². The number of fused-ring (bicyclic) bond motifs is 1. The highest BCUT2D eigenvalue weighted by molar-refractivity contribution is 7.90. The van der Waals surface area contributed by atoms with Crippen LogP contribution in [0.3, 0.4) is 0 Å². The second-order valence-electron chi connectivity index (χ2n) is 6.55. The van der Waals surface area contributed by atoms with E-state index in [0.717, 1.165) is 15.0 Å². The first-order valence-corrected chi connectivity index (χ1v) is 9.02. The van der Waals surface area contributed by atoms with Crippen molar-refractivity contribution in [1.82, 2.24) is 4.72 Å². The number of halogens is 1. The minimum Gasteiger partial charge on any atom is -0.598 e. The summed E-state index contributed by atoms with van der Waals surface area (Å²) in [5, 5.41) is 1.03. The molecule has 21 heavy (non-hydrogen) atoms. The molecule has 2 rings (SSSR count). The largest absolute Gasteiger partial charge is 0.598 e. The summed E-state index contributed by atoms with van der Waals surface area (Å²) in [7, 11) is 0. The Bertz CT molecular complexity index is 618. The van der Waals surface area contributed by atoms with Crippen molar-refractivity contribution in [2.75, 3.05) is 0 Å². The zero-order valence-corrected chi connectivity index (χ0v) is 14.7. The summed E-state index contributed by atoms with van der Waals surface area (Å²) in [6.07, 6.45) is 0. The van der Waals surface area contributed by atoms with E-state index >= 15 is 0 Å². The predicted octanol–water partition coefficient (Wildman–Crippen LogP) is 4.79. The third kappa shape index (κ3) is 3.97. The highest BCUT2D eigenvalue weighted by Crippen LogP contribution is 2.34. The van der Waals surface area contributed by atoms with Crippen molar-refractivity contribution in [2.24, 2.45) is 5.92 Å². The highest BCUT2D eigenvalue weighted by atomic mass is 32.2. The average Bonchev–Trinajstić information content (AvgIpc) is 2.76. The molecule has 0 aliphatic heterocycles. The number of hydrogen-bond donors (Lipinski definition) is 1. The van der Waals surface area contributed by atoms with Gasteiger partial charge < -0.3 is 4.55 Å². The van der Waals surface area contributed by atoms with Gasteiger partial charge in [0.2, 0.25) is 0 Å². The third-order valence-electron chi connectivity index (χ3n) is 3.26. The van der Waals surface area contributed by atoms with E-state index in [1.807, 2.05) is 20.8 Å². The Hall–Kier alpha value is -0.620. The predicted molar refractivity (Wildman–Crippen MR) is 90.4 cm³/mol. The van der Waals surface area contributed by atoms with E-state index in [9.17, 15) is 8.94 Å². The van der Waals surface area contributed by atoms with Crippen LogP contribution in [0.2, 0.25) is 0 Å². The molecular formula is C16H22FNOS2. The lowest BCUT2D eigenvalue weighted by Gasteiger charge is -2.29. The lowest BCUT2D eigenvalue weighted by atomic mass is 10.0. The summed E-state index contributed by atoms with van der Waals surface area (Å²) in [6, 6.07) is 6.90. The molecule has 0 bridgehead atoms.